The Balaban J connectivity index is 3.00. The van der Waals surface area contributed by atoms with Crippen molar-refractivity contribution in [2.45, 2.75) is 19.3 Å². The fraction of sp³-hybridized carbons (Fsp3) is 0.400. The van der Waals surface area contributed by atoms with Gasteiger partial charge in [0.1, 0.15) is 5.75 Å². The second-order valence-electron chi connectivity index (χ2n) is 3.21. The average Bonchev–Trinajstić information content (AvgIpc) is 2.13. The summed E-state index contributed by atoms with van der Waals surface area (Å²) in [5, 5.41) is 10.5. The maximum atomic E-state index is 9.54. The van der Waals surface area contributed by atoms with Crippen LogP contribution in [0.15, 0.2) is 21.1 Å². The van der Waals surface area contributed by atoms with Gasteiger partial charge in [-0.2, -0.15) is 0 Å². The first kappa shape index (κ1) is 12.5. The fourth-order valence-corrected chi connectivity index (χ4v) is 3.11. The van der Waals surface area contributed by atoms with E-state index in [1.54, 1.807) is 0 Å². The SMILES string of the molecule is CC(CCBr)c1cc(Br)c(O)c(Br)c1. The van der Waals surface area contributed by atoms with Crippen molar-refractivity contribution in [3.05, 3.63) is 26.6 Å². The zero-order chi connectivity index (χ0) is 10.7. The summed E-state index contributed by atoms with van der Waals surface area (Å²) in [4.78, 5) is 0. The average molecular weight is 387 g/mol. The van der Waals surface area contributed by atoms with Gasteiger partial charge in [0.05, 0.1) is 8.95 Å². The topological polar surface area (TPSA) is 20.2 Å². The molecule has 0 saturated carbocycles. The minimum atomic E-state index is 0.264. The Morgan fingerprint density at radius 1 is 1.29 bits per heavy atom. The van der Waals surface area contributed by atoms with Gasteiger partial charge < -0.3 is 5.11 Å². The van der Waals surface area contributed by atoms with E-state index in [9.17, 15) is 5.11 Å². The van der Waals surface area contributed by atoms with E-state index >= 15 is 0 Å². The van der Waals surface area contributed by atoms with E-state index in [1.807, 2.05) is 12.1 Å². The predicted molar refractivity (Wildman–Crippen MR) is 70.3 cm³/mol. The van der Waals surface area contributed by atoms with Crippen molar-refractivity contribution in [3.63, 3.8) is 0 Å². The number of rotatable bonds is 3. The number of aromatic hydroxyl groups is 1. The molecule has 0 bridgehead atoms. The van der Waals surface area contributed by atoms with Crippen molar-refractivity contribution >= 4 is 47.8 Å². The highest BCUT2D eigenvalue weighted by Crippen LogP contribution is 2.36. The third kappa shape index (κ3) is 2.97. The van der Waals surface area contributed by atoms with Crippen LogP contribution in [0.3, 0.4) is 0 Å². The number of phenolic OH excluding ortho intramolecular Hbond substituents is 1. The highest BCUT2D eigenvalue weighted by Gasteiger charge is 2.10. The van der Waals surface area contributed by atoms with E-state index in [4.69, 9.17) is 0 Å². The molecule has 1 aromatic carbocycles. The quantitative estimate of drug-likeness (QED) is 0.739. The third-order valence-corrected chi connectivity index (χ3v) is 3.82. The van der Waals surface area contributed by atoms with Crippen molar-refractivity contribution in [1.29, 1.82) is 0 Å². The van der Waals surface area contributed by atoms with Gasteiger partial charge in [-0.3, -0.25) is 0 Å². The molecule has 4 heteroatoms. The van der Waals surface area contributed by atoms with Crippen LogP contribution in [0.2, 0.25) is 0 Å². The van der Waals surface area contributed by atoms with Crippen LogP contribution in [0, 0.1) is 0 Å². The highest BCUT2D eigenvalue weighted by atomic mass is 79.9. The molecule has 0 amide bonds. The van der Waals surface area contributed by atoms with Crippen molar-refractivity contribution < 1.29 is 5.11 Å². The largest absolute Gasteiger partial charge is 0.506 e. The van der Waals surface area contributed by atoms with Crippen molar-refractivity contribution in [2.24, 2.45) is 0 Å². The van der Waals surface area contributed by atoms with Crippen LogP contribution in [0.4, 0.5) is 0 Å². The van der Waals surface area contributed by atoms with Gasteiger partial charge in [-0.05, 0) is 61.9 Å². The molecule has 0 aliphatic heterocycles. The summed E-state index contributed by atoms with van der Waals surface area (Å²) in [5.41, 5.74) is 1.22. The second kappa shape index (κ2) is 5.52. The first-order valence-electron chi connectivity index (χ1n) is 4.30. The summed E-state index contributed by atoms with van der Waals surface area (Å²) in [6, 6.07) is 3.93. The molecule has 1 rings (SSSR count). The Labute approximate surface area is 109 Å². The summed E-state index contributed by atoms with van der Waals surface area (Å²) < 4.78 is 1.48. The molecule has 0 aliphatic carbocycles. The van der Waals surface area contributed by atoms with Crippen molar-refractivity contribution in [1.82, 2.24) is 0 Å². The molecule has 0 aliphatic rings. The van der Waals surface area contributed by atoms with E-state index in [0.29, 0.717) is 5.92 Å². The molecule has 0 fully saturated rings. The molecule has 0 heterocycles. The molecule has 1 atom stereocenters. The monoisotopic (exact) mass is 384 g/mol. The van der Waals surface area contributed by atoms with Gasteiger partial charge in [-0.15, -0.1) is 0 Å². The lowest BCUT2D eigenvalue weighted by atomic mass is 9.99. The minimum absolute atomic E-state index is 0.264. The fourth-order valence-electron chi connectivity index (χ4n) is 1.20. The number of hydrogen-bond donors (Lipinski definition) is 1. The first-order valence-corrected chi connectivity index (χ1v) is 7.01. The summed E-state index contributed by atoms with van der Waals surface area (Å²) in [6.45, 7) is 2.17. The number of alkyl halides is 1. The molecule has 1 N–H and O–H groups in total. The molecule has 0 spiro atoms. The normalized spacial score (nSPS) is 12.9. The van der Waals surface area contributed by atoms with E-state index in [2.05, 4.69) is 54.7 Å². The number of hydrogen-bond acceptors (Lipinski definition) is 1. The smallest absolute Gasteiger partial charge is 0.143 e. The Bertz CT molecular complexity index is 302. The summed E-state index contributed by atoms with van der Waals surface area (Å²) in [5.74, 6) is 0.752. The molecule has 14 heavy (non-hydrogen) atoms. The summed E-state index contributed by atoms with van der Waals surface area (Å²) in [7, 11) is 0. The van der Waals surface area contributed by atoms with Crippen LogP contribution in [-0.2, 0) is 0 Å². The zero-order valence-electron chi connectivity index (χ0n) is 7.73. The Hall–Kier alpha value is 0.460. The Morgan fingerprint density at radius 3 is 2.21 bits per heavy atom. The lowest BCUT2D eigenvalue weighted by molar-refractivity contribution is 0.468. The van der Waals surface area contributed by atoms with E-state index in [-0.39, 0.29) is 5.75 Å². The summed E-state index contributed by atoms with van der Waals surface area (Å²) >= 11 is 10.1. The van der Waals surface area contributed by atoms with Crippen LogP contribution in [-0.4, -0.2) is 10.4 Å². The maximum Gasteiger partial charge on any atom is 0.143 e. The van der Waals surface area contributed by atoms with Crippen LogP contribution in [0.25, 0.3) is 0 Å². The third-order valence-electron chi connectivity index (χ3n) is 2.15. The lowest BCUT2D eigenvalue weighted by Gasteiger charge is -2.12. The van der Waals surface area contributed by atoms with Gasteiger partial charge in [0.2, 0.25) is 0 Å². The molecule has 1 nitrogen and oxygen atoms in total. The van der Waals surface area contributed by atoms with Crippen LogP contribution < -0.4 is 0 Å². The van der Waals surface area contributed by atoms with Crippen molar-refractivity contribution in [3.8, 4) is 5.75 Å². The molecular weight excluding hydrogens is 376 g/mol. The standard InChI is InChI=1S/C10H11Br3O/c1-6(2-3-11)7-4-8(12)10(14)9(13)5-7/h4-6,14H,2-3H2,1H3. The molecule has 0 saturated heterocycles. The molecule has 1 aromatic rings. The molecule has 78 valence electrons. The molecule has 0 aromatic heterocycles. The summed E-state index contributed by atoms with van der Waals surface area (Å²) in [6.07, 6.45) is 1.09. The highest BCUT2D eigenvalue weighted by molar-refractivity contribution is 9.11. The van der Waals surface area contributed by atoms with Gasteiger partial charge in [0.25, 0.3) is 0 Å². The Morgan fingerprint density at radius 2 is 1.79 bits per heavy atom. The van der Waals surface area contributed by atoms with Crippen LogP contribution in [0.1, 0.15) is 24.8 Å². The van der Waals surface area contributed by atoms with E-state index in [1.165, 1.54) is 5.56 Å². The van der Waals surface area contributed by atoms with E-state index < -0.39 is 0 Å². The van der Waals surface area contributed by atoms with Gasteiger partial charge in [0.15, 0.2) is 0 Å². The molecule has 1 unspecified atom stereocenters. The maximum absolute atomic E-state index is 9.54. The van der Waals surface area contributed by atoms with Gasteiger partial charge in [-0.25, -0.2) is 0 Å². The van der Waals surface area contributed by atoms with Gasteiger partial charge in [-0.1, -0.05) is 22.9 Å². The van der Waals surface area contributed by atoms with Crippen LogP contribution in [0.5, 0.6) is 5.75 Å². The number of benzene rings is 1. The lowest BCUT2D eigenvalue weighted by Crippen LogP contribution is -1.94. The minimum Gasteiger partial charge on any atom is -0.506 e. The zero-order valence-corrected chi connectivity index (χ0v) is 12.5. The second-order valence-corrected chi connectivity index (χ2v) is 5.71. The van der Waals surface area contributed by atoms with Crippen molar-refractivity contribution in [2.75, 3.05) is 5.33 Å². The van der Waals surface area contributed by atoms with Gasteiger partial charge >= 0.3 is 0 Å². The number of phenols is 1. The first-order chi connectivity index (χ1) is 6.56. The Kier molecular flexibility index (Phi) is 4.94. The predicted octanol–water partition coefficient (Wildman–Crippen LogP) is 4.81. The number of halogens is 3. The molecule has 0 radical (unpaired) electrons. The van der Waals surface area contributed by atoms with E-state index in [0.717, 1.165) is 20.7 Å². The van der Waals surface area contributed by atoms with Crippen LogP contribution >= 0.6 is 47.8 Å². The molecular formula is C10H11Br3O. The van der Waals surface area contributed by atoms with Gasteiger partial charge in [0, 0.05) is 5.33 Å².